The van der Waals surface area contributed by atoms with E-state index < -0.39 is 11.8 Å². The number of likely N-dealkylation sites (tertiary alicyclic amines) is 1. The Hall–Kier alpha value is -2.74. The molecular formula is C30H32BrNO5. The van der Waals surface area contributed by atoms with Crippen molar-refractivity contribution in [3.05, 3.63) is 75.3 Å². The molecule has 2 aromatic rings. The summed E-state index contributed by atoms with van der Waals surface area (Å²) in [6.45, 7) is 2.67. The number of aromatic hydroxyl groups is 1. The Morgan fingerprint density at radius 3 is 2.65 bits per heavy atom. The molecule has 2 amide bonds. The lowest BCUT2D eigenvalue weighted by Gasteiger charge is -2.31. The third-order valence-electron chi connectivity index (χ3n) is 7.88. The summed E-state index contributed by atoms with van der Waals surface area (Å²) in [7, 11) is 0. The molecule has 194 valence electrons. The highest BCUT2D eigenvalue weighted by Crippen LogP contribution is 2.50. The summed E-state index contributed by atoms with van der Waals surface area (Å²) >= 11 is 3.49. The van der Waals surface area contributed by atoms with Gasteiger partial charge in [-0.2, -0.15) is 0 Å². The number of halogens is 1. The number of benzene rings is 2. The van der Waals surface area contributed by atoms with Crippen molar-refractivity contribution in [3.63, 3.8) is 0 Å². The standard InChI is InChI=1S/C30H32BrNO5/c1-2-12-32-29(35)23-15-21(16-33)27-24(28(23)30(32)36)17-37-26(27)11-8-19(18-6-4-3-5-7-18)13-20-14-22(31)9-10-25(20)34/h3-7,9-10,13-14,23-24,26,28,33-34H,2,8,11-12,15-17H2,1H3/b19-13-/t23-,24+,26-,28-/m1/s1. The molecule has 0 spiro atoms. The Bertz CT molecular complexity index is 1250. The monoisotopic (exact) mass is 565 g/mol. The van der Waals surface area contributed by atoms with Gasteiger partial charge in [-0.1, -0.05) is 53.2 Å². The SMILES string of the molecule is CCCN1C(=O)[C@@H]2[C@@H](CC(CO)=C3[C@@H](CC/C(=C/c4cc(Br)ccc4O)c4ccccc4)OC[C@@H]32)C1=O. The highest BCUT2D eigenvalue weighted by atomic mass is 79.9. The molecule has 2 aliphatic heterocycles. The van der Waals surface area contributed by atoms with Crippen LogP contribution >= 0.6 is 15.9 Å². The fourth-order valence-corrected chi connectivity index (χ4v) is 6.57. The molecule has 1 aliphatic carbocycles. The van der Waals surface area contributed by atoms with Crippen molar-refractivity contribution in [2.24, 2.45) is 17.8 Å². The van der Waals surface area contributed by atoms with E-state index in [0.717, 1.165) is 38.7 Å². The quantitative estimate of drug-likeness (QED) is 0.261. The summed E-state index contributed by atoms with van der Waals surface area (Å²) in [6, 6.07) is 15.4. The van der Waals surface area contributed by atoms with Gasteiger partial charge in [-0.05, 0) is 72.2 Å². The molecular weight excluding hydrogens is 534 g/mol. The molecule has 0 aromatic heterocycles. The summed E-state index contributed by atoms with van der Waals surface area (Å²) in [6.07, 6.45) is 4.28. The number of carbonyl (C=O) groups excluding carboxylic acids is 2. The van der Waals surface area contributed by atoms with Crippen molar-refractivity contribution in [2.45, 2.75) is 38.7 Å². The molecule has 2 saturated heterocycles. The molecule has 4 atom stereocenters. The van der Waals surface area contributed by atoms with Gasteiger partial charge in [0.2, 0.25) is 11.8 Å². The molecule has 0 saturated carbocycles. The van der Waals surface area contributed by atoms with Crippen molar-refractivity contribution in [3.8, 4) is 5.75 Å². The normalized spacial score (nSPS) is 25.6. The molecule has 0 radical (unpaired) electrons. The maximum Gasteiger partial charge on any atom is 0.233 e. The predicted octanol–water partition coefficient (Wildman–Crippen LogP) is 5.19. The van der Waals surface area contributed by atoms with E-state index in [2.05, 4.69) is 15.9 Å². The molecule has 7 heteroatoms. The first-order valence-electron chi connectivity index (χ1n) is 13.0. The Morgan fingerprint density at radius 2 is 1.92 bits per heavy atom. The van der Waals surface area contributed by atoms with Crippen molar-refractivity contribution in [1.82, 2.24) is 4.90 Å². The average molecular weight is 566 g/mol. The second kappa shape index (κ2) is 10.9. The maximum atomic E-state index is 13.2. The summed E-state index contributed by atoms with van der Waals surface area (Å²) in [4.78, 5) is 27.6. The van der Waals surface area contributed by atoms with Crippen molar-refractivity contribution < 1.29 is 24.5 Å². The number of phenolic OH excluding ortho intramolecular Hbond substituents is 1. The topological polar surface area (TPSA) is 87.1 Å². The lowest BCUT2D eigenvalue weighted by atomic mass is 9.69. The van der Waals surface area contributed by atoms with E-state index in [1.165, 1.54) is 4.90 Å². The third kappa shape index (κ3) is 4.92. The average Bonchev–Trinajstić information content (AvgIpc) is 3.43. The van der Waals surface area contributed by atoms with E-state index >= 15 is 0 Å². The molecule has 2 fully saturated rings. The second-order valence-electron chi connectivity index (χ2n) is 10.1. The fourth-order valence-electron chi connectivity index (χ4n) is 6.20. The number of aliphatic hydroxyl groups excluding tert-OH is 1. The Labute approximate surface area is 225 Å². The number of hydrogen-bond donors (Lipinski definition) is 2. The van der Waals surface area contributed by atoms with Gasteiger partial charge in [0.15, 0.2) is 0 Å². The molecule has 2 heterocycles. The molecule has 2 N–H and O–H groups in total. The molecule has 5 rings (SSSR count). The van der Waals surface area contributed by atoms with Crippen LogP contribution in [0.4, 0.5) is 0 Å². The van der Waals surface area contributed by atoms with E-state index in [9.17, 15) is 19.8 Å². The molecule has 0 unspecified atom stereocenters. The van der Waals surface area contributed by atoms with Gasteiger partial charge in [-0.3, -0.25) is 14.5 Å². The maximum absolute atomic E-state index is 13.2. The van der Waals surface area contributed by atoms with Gasteiger partial charge in [-0.15, -0.1) is 0 Å². The van der Waals surface area contributed by atoms with Crippen LogP contribution in [0.2, 0.25) is 0 Å². The minimum Gasteiger partial charge on any atom is -0.507 e. The van der Waals surface area contributed by atoms with Gasteiger partial charge in [0.1, 0.15) is 5.75 Å². The van der Waals surface area contributed by atoms with E-state index in [4.69, 9.17) is 4.74 Å². The summed E-state index contributed by atoms with van der Waals surface area (Å²) in [5.74, 6) is -0.932. The zero-order valence-electron chi connectivity index (χ0n) is 20.9. The second-order valence-corrected chi connectivity index (χ2v) is 11.0. The Morgan fingerprint density at radius 1 is 1.14 bits per heavy atom. The van der Waals surface area contributed by atoms with Gasteiger partial charge in [-0.25, -0.2) is 0 Å². The largest absolute Gasteiger partial charge is 0.507 e. The van der Waals surface area contributed by atoms with Crippen LogP contribution in [0.3, 0.4) is 0 Å². The number of carbonyl (C=O) groups is 2. The highest BCUT2D eigenvalue weighted by Gasteiger charge is 2.56. The molecule has 2 aromatic carbocycles. The van der Waals surface area contributed by atoms with Crippen LogP contribution in [-0.2, 0) is 14.3 Å². The zero-order valence-corrected chi connectivity index (χ0v) is 22.5. The minimum absolute atomic E-state index is 0.0874. The number of nitrogens with zero attached hydrogens (tertiary/aromatic N) is 1. The number of ether oxygens (including phenoxy) is 1. The van der Waals surface area contributed by atoms with Crippen molar-refractivity contribution >= 4 is 39.4 Å². The van der Waals surface area contributed by atoms with Crippen LogP contribution in [0.1, 0.15) is 43.7 Å². The van der Waals surface area contributed by atoms with Gasteiger partial charge in [0.05, 0.1) is 31.2 Å². The number of rotatable bonds is 8. The van der Waals surface area contributed by atoms with Gasteiger partial charge in [0, 0.05) is 22.5 Å². The minimum atomic E-state index is -0.392. The van der Waals surface area contributed by atoms with Gasteiger partial charge < -0.3 is 14.9 Å². The summed E-state index contributed by atoms with van der Waals surface area (Å²) in [5.41, 5.74) is 4.70. The molecule has 6 nitrogen and oxygen atoms in total. The zero-order chi connectivity index (χ0) is 26.1. The summed E-state index contributed by atoms with van der Waals surface area (Å²) in [5, 5.41) is 20.7. The number of amides is 2. The first-order chi connectivity index (χ1) is 17.9. The number of allylic oxidation sites excluding steroid dienone is 1. The number of imide groups is 1. The highest BCUT2D eigenvalue weighted by molar-refractivity contribution is 9.10. The van der Waals surface area contributed by atoms with Gasteiger partial charge in [0.25, 0.3) is 0 Å². The van der Waals surface area contributed by atoms with Crippen LogP contribution in [0.25, 0.3) is 11.6 Å². The van der Waals surface area contributed by atoms with Gasteiger partial charge >= 0.3 is 0 Å². The van der Waals surface area contributed by atoms with Crippen molar-refractivity contribution in [2.75, 3.05) is 19.8 Å². The molecule has 37 heavy (non-hydrogen) atoms. The van der Waals surface area contributed by atoms with E-state index in [1.54, 1.807) is 12.1 Å². The van der Waals surface area contributed by atoms with E-state index in [-0.39, 0.29) is 36.2 Å². The number of phenols is 1. The van der Waals surface area contributed by atoms with Crippen LogP contribution in [0.5, 0.6) is 5.75 Å². The lowest BCUT2D eigenvalue weighted by molar-refractivity contribution is -0.140. The number of fused-ring (bicyclic) bond motifs is 3. The van der Waals surface area contributed by atoms with E-state index in [0.29, 0.717) is 32.4 Å². The van der Waals surface area contributed by atoms with Crippen molar-refractivity contribution in [1.29, 1.82) is 0 Å². The van der Waals surface area contributed by atoms with Crippen LogP contribution < -0.4 is 0 Å². The first kappa shape index (κ1) is 25.9. The summed E-state index contributed by atoms with van der Waals surface area (Å²) < 4.78 is 7.15. The Balaban J connectivity index is 1.42. The lowest BCUT2D eigenvalue weighted by Crippen LogP contribution is -2.35. The number of aliphatic hydroxyl groups is 1. The predicted molar refractivity (Wildman–Crippen MR) is 145 cm³/mol. The smallest absolute Gasteiger partial charge is 0.233 e. The van der Waals surface area contributed by atoms with Crippen LogP contribution in [0.15, 0.2) is 64.1 Å². The first-order valence-corrected chi connectivity index (χ1v) is 13.8. The van der Waals surface area contributed by atoms with E-state index in [1.807, 2.05) is 49.4 Å². The fraction of sp³-hybridized carbons (Fsp3) is 0.400. The Kier molecular flexibility index (Phi) is 7.65. The number of hydrogen-bond acceptors (Lipinski definition) is 5. The molecule has 3 aliphatic rings. The third-order valence-corrected chi connectivity index (χ3v) is 8.37. The van der Waals surface area contributed by atoms with Crippen LogP contribution in [-0.4, -0.2) is 52.8 Å². The van der Waals surface area contributed by atoms with Crippen LogP contribution in [0, 0.1) is 17.8 Å². The molecule has 0 bridgehead atoms.